The van der Waals surface area contributed by atoms with E-state index in [2.05, 4.69) is 10.3 Å². The Labute approximate surface area is 156 Å². The number of nitrogens with one attached hydrogen (secondary N) is 1. The van der Waals surface area contributed by atoms with Gasteiger partial charge in [-0.1, -0.05) is 24.3 Å². The molecule has 3 rings (SSSR count). The average Bonchev–Trinajstić information content (AvgIpc) is 2.67. The van der Waals surface area contributed by atoms with Crippen molar-refractivity contribution in [3.8, 4) is 0 Å². The van der Waals surface area contributed by atoms with Gasteiger partial charge in [-0.15, -0.1) is 0 Å². The molecule has 0 saturated carbocycles. The molecule has 7 heteroatoms. The highest BCUT2D eigenvalue weighted by Gasteiger charge is 2.19. The minimum atomic E-state index is -0.451. The van der Waals surface area contributed by atoms with Crippen LogP contribution in [0.4, 0.5) is 11.4 Å². The van der Waals surface area contributed by atoms with E-state index in [1.807, 2.05) is 31.2 Å². The number of benzene rings is 2. The quantitative estimate of drug-likeness (QED) is 0.399. The monoisotopic (exact) mass is 365 g/mol. The van der Waals surface area contributed by atoms with Gasteiger partial charge < -0.3 is 10.1 Å². The van der Waals surface area contributed by atoms with E-state index in [1.54, 1.807) is 19.1 Å². The lowest BCUT2D eigenvalue weighted by atomic mass is 10.0. The number of hydrogen-bond donors (Lipinski definition) is 1. The lowest BCUT2D eigenvalue weighted by Crippen LogP contribution is -2.15. The normalized spacial score (nSPS) is 10.6. The van der Waals surface area contributed by atoms with Crippen molar-refractivity contribution < 1.29 is 14.5 Å². The maximum Gasteiger partial charge on any atom is 0.340 e. The van der Waals surface area contributed by atoms with E-state index in [0.29, 0.717) is 16.9 Å². The molecule has 0 aliphatic heterocycles. The number of pyridine rings is 1. The molecular formula is C20H19N3O4. The van der Waals surface area contributed by atoms with Crippen molar-refractivity contribution >= 4 is 28.2 Å². The molecule has 0 spiro atoms. The molecule has 0 bridgehead atoms. The molecule has 3 aromatic rings. The first-order valence-corrected chi connectivity index (χ1v) is 8.55. The maximum absolute atomic E-state index is 12.5. The van der Waals surface area contributed by atoms with Crippen molar-refractivity contribution in [1.82, 2.24) is 4.98 Å². The smallest absolute Gasteiger partial charge is 0.340 e. The zero-order valence-electron chi connectivity index (χ0n) is 15.1. The lowest BCUT2D eigenvalue weighted by Gasteiger charge is -2.15. The molecule has 0 aliphatic carbocycles. The number of nitro groups is 1. The van der Waals surface area contributed by atoms with Crippen molar-refractivity contribution in [2.45, 2.75) is 20.4 Å². The van der Waals surface area contributed by atoms with Crippen LogP contribution in [0.15, 0.2) is 48.5 Å². The molecule has 0 fully saturated rings. The van der Waals surface area contributed by atoms with Crippen LogP contribution in [0.5, 0.6) is 0 Å². The number of anilines is 1. The van der Waals surface area contributed by atoms with Gasteiger partial charge in [-0.25, -0.2) is 4.79 Å². The van der Waals surface area contributed by atoms with Gasteiger partial charge in [-0.05, 0) is 31.5 Å². The Morgan fingerprint density at radius 1 is 1.22 bits per heavy atom. The second-order valence-electron chi connectivity index (χ2n) is 5.96. The molecule has 1 aromatic heterocycles. The van der Waals surface area contributed by atoms with Gasteiger partial charge in [-0.2, -0.15) is 0 Å². The van der Waals surface area contributed by atoms with E-state index < -0.39 is 10.9 Å². The number of esters is 1. The molecule has 7 nitrogen and oxygen atoms in total. The van der Waals surface area contributed by atoms with E-state index in [4.69, 9.17) is 4.74 Å². The van der Waals surface area contributed by atoms with Gasteiger partial charge in [-0.3, -0.25) is 15.1 Å². The molecule has 0 saturated heterocycles. The van der Waals surface area contributed by atoms with E-state index in [0.717, 1.165) is 16.5 Å². The summed E-state index contributed by atoms with van der Waals surface area (Å²) in [6, 6.07) is 13.8. The molecule has 1 N–H and O–H groups in total. The molecule has 27 heavy (non-hydrogen) atoms. The molecule has 0 aliphatic rings. The maximum atomic E-state index is 12.5. The fourth-order valence-corrected chi connectivity index (χ4v) is 2.96. The van der Waals surface area contributed by atoms with Crippen molar-refractivity contribution in [3.63, 3.8) is 0 Å². The third kappa shape index (κ3) is 3.87. The highest BCUT2D eigenvalue weighted by atomic mass is 16.6. The largest absolute Gasteiger partial charge is 0.462 e. The van der Waals surface area contributed by atoms with E-state index in [-0.39, 0.29) is 18.8 Å². The molecular weight excluding hydrogens is 346 g/mol. The standard InChI is InChI=1S/C20H19N3O4/c1-3-27-20(24)19-13(2)16-9-4-5-10-17(16)22-18(19)12-21-14-7-6-8-15(11-14)23(25)26/h4-11,21H,3,12H2,1-2H3. The van der Waals surface area contributed by atoms with Crippen molar-refractivity contribution in [2.75, 3.05) is 11.9 Å². The summed E-state index contributed by atoms with van der Waals surface area (Å²) in [5.74, 6) is -0.427. The number of nitro benzene ring substituents is 1. The van der Waals surface area contributed by atoms with Crippen LogP contribution in [0.25, 0.3) is 10.9 Å². The number of aryl methyl sites for hydroxylation is 1. The average molecular weight is 365 g/mol. The molecule has 0 atom stereocenters. The van der Waals surface area contributed by atoms with Crippen LogP contribution >= 0.6 is 0 Å². The molecule has 138 valence electrons. The van der Waals surface area contributed by atoms with Crippen molar-refractivity contribution in [1.29, 1.82) is 0 Å². The zero-order valence-corrected chi connectivity index (χ0v) is 15.1. The van der Waals surface area contributed by atoms with Crippen LogP contribution < -0.4 is 5.32 Å². The predicted octanol–water partition coefficient (Wildman–Crippen LogP) is 4.24. The molecule has 0 radical (unpaired) electrons. The first-order valence-electron chi connectivity index (χ1n) is 8.55. The number of rotatable bonds is 6. The number of ether oxygens (including phenoxy) is 1. The summed E-state index contributed by atoms with van der Waals surface area (Å²) in [6.07, 6.45) is 0. The minimum absolute atomic E-state index is 0.00623. The Hall–Kier alpha value is -3.48. The third-order valence-corrected chi connectivity index (χ3v) is 4.22. The van der Waals surface area contributed by atoms with Gasteiger partial charge in [0.1, 0.15) is 0 Å². The summed E-state index contributed by atoms with van der Waals surface area (Å²) in [5.41, 5.74) is 3.11. The highest BCUT2D eigenvalue weighted by Crippen LogP contribution is 2.25. The van der Waals surface area contributed by atoms with Gasteiger partial charge in [0, 0.05) is 23.2 Å². The summed E-state index contributed by atoms with van der Waals surface area (Å²) in [5, 5.41) is 14.9. The first kappa shape index (κ1) is 18.3. The van der Waals surface area contributed by atoms with Gasteiger partial charge in [0.05, 0.1) is 34.8 Å². The van der Waals surface area contributed by atoms with Crippen LogP contribution in [-0.4, -0.2) is 22.5 Å². The molecule has 0 unspecified atom stereocenters. The second-order valence-corrected chi connectivity index (χ2v) is 5.96. The van der Waals surface area contributed by atoms with Crippen LogP contribution in [0, 0.1) is 17.0 Å². The number of fused-ring (bicyclic) bond motifs is 1. The summed E-state index contributed by atoms with van der Waals surface area (Å²) in [7, 11) is 0. The number of carbonyl (C=O) groups excluding carboxylic acids is 1. The van der Waals surface area contributed by atoms with Crippen molar-refractivity contribution in [3.05, 3.63) is 75.5 Å². The molecule has 1 heterocycles. The van der Waals surface area contributed by atoms with Crippen LogP contribution in [0.1, 0.15) is 28.5 Å². The topological polar surface area (TPSA) is 94.4 Å². The number of para-hydroxylation sites is 1. The van der Waals surface area contributed by atoms with Crippen molar-refractivity contribution in [2.24, 2.45) is 0 Å². The minimum Gasteiger partial charge on any atom is -0.462 e. The predicted molar refractivity (Wildman–Crippen MR) is 103 cm³/mol. The van der Waals surface area contributed by atoms with E-state index in [9.17, 15) is 14.9 Å². The van der Waals surface area contributed by atoms with Gasteiger partial charge in [0.25, 0.3) is 5.69 Å². The fraction of sp³-hybridized carbons (Fsp3) is 0.200. The van der Waals surface area contributed by atoms with E-state index in [1.165, 1.54) is 12.1 Å². The molecule has 2 aromatic carbocycles. The zero-order chi connectivity index (χ0) is 19.4. The van der Waals surface area contributed by atoms with Crippen LogP contribution in [-0.2, 0) is 11.3 Å². The number of nitrogens with zero attached hydrogens (tertiary/aromatic N) is 2. The van der Waals surface area contributed by atoms with Crippen LogP contribution in [0.2, 0.25) is 0 Å². The Bertz CT molecular complexity index is 1020. The summed E-state index contributed by atoms with van der Waals surface area (Å²) < 4.78 is 5.20. The Balaban J connectivity index is 1.99. The summed E-state index contributed by atoms with van der Waals surface area (Å²) in [4.78, 5) is 27.6. The van der Waals surface area contributed by atoms with Gasteiger partial charge in [0.15, 0.2) is 0 Å². The third-order valence-electron chi connectivity index (χ3n) is 4.22. The highest BCUT2D eigenvalue weighted by molar-refractivity contribution is 5.98. The van der Waals surface area contributed by atoms with E-state index >= 15 is 0 Å². The lowest BCUT2D eigenvalue weighted by molar-refractivity contribution is -0.384. The fourth-order valence-electron chi connectivity index (χ4n) is 2.96. The number of hydrogen-bond acceptors (Lipinski definition) is 6. The summed E-state index contributed by atoms with van der Waals surface area (Å²) in [6.45, 7) is 4.12. The Morgan fingerprint density at radius 3 is 2.74 bits per heavy atom. The number of carbonyl (C=O) groups is 1. The van der Waals surface area contributed by atoms with Gasteiger partial charge >= 0.3 is 5.97 Å². The SMILES string of the molecule is CCOC(=O)c1c(CNc2cccc([N+](=O)[O-])c2)nc2ccccc2c1C. The molecule has 0 amide bonds. The first-order chi connectivity index (χ1) is 13.0. The summed E-state index contributed by atoms with van der Waals surface area (Å²) >= 11 is 0. The number of non-ortho nitro benzene ring substituents is 1. The van der Waals surface area contributed by atoms with Gasteiger partial charge in [0.2, 0.25) is 0 Å². The Morgan fingerprint density at radius 2 is 2.00 bits per heavy atom. The van der Waals surface area contributed by atoms with Crippen LogP contribution in [0.3, 0.4) is 0 Å². The number of aromatic nitrogens is 1. The Kier molecular flexibility index (Phi) is 5.30. The second kappa shape index (κ2) is 7.82.